The van der Waals surface area contributed by atoms with E-state index < -0.39 is 0 Å². The summed E-state index contributed by atoms with van der Waals surface area (Å²) in [5, 5.41) is 11.5. The third-order valence-corrected chi connectivity index (χ3v) is 3.04. The molecule has 6 nitrogen and oxygen atoms in total. The summed E-state index contributed by atoms with van der Waals surface area (Å²) in [5.74, 6) is 0.862. The van der Waals surface area contributed by atoms with Crippen LogP contribution in [0.5, 0.6) is 0 Å². The smallest absolute Gasteiger partial charge is 0.190 e. The Balaban J connectivity index is 2.10. The van der Waals surface area contributed by atoms with E-state index in [1.54, 1.807) is 12.4 Å². The van der Waals surface area contributed by atoms with Crippen LogP contribution in [0.3, 0.4) is 0 Å². The summed E-state index contributed by atoms with van der Waals surface area (Å²) in [7, 11) is 0. The van der Waals surface area contributed by atoms with Gasteiger partial charge in [0.05, 0.1) is 12.4 Å². The molecule has 0 radical (unpaired) electrons. The van der Waals surface area contributed by atoms with Crippen molar-refractivity contribution >= 4 is 11.7 Å². The Morgan fingerprint density at radius 2 is 2.28 bits per heavy atom. The number of nitrogens with two attached hydrogens (primary N) is 1. The van der Waals surface area contributed by atoms with Gasteiger partial charge in [0.1, 0.15) is 11.5 Å². The van der Waals surface area contributed by atoms with E-state index in [9.17, 15) is 0 Å². The molecule has 1 saturated carbocycles. The lowest BCUT2D eigenvalue weighted by molar-refractivity contribution is 0.318. The van der Waals surface area contributed by atoms with Crippen LogP contribution in [-0.4, -0.2) is 33.6 Å². The third-order valence-electron chi connectivity index (χ3n) is 3.04. The van der Waals surface area contributed by atoms with Crippen LogP contribution in [-0.2, 0) is 0 Å². The second-order valence-electron chi connectivity index (χ2n) is 4.52. The zero-order valence-electron chi connectivity index (χ0n) is 10.6. The van der Waals surface area contributed by atoms with Gasteiger partial charge in [-0.15, -0.1) is 0 Å². The number of nitrogens with zero attached hydrogens (tertiary/aromatic N) is 4. The molecule has 1 heterocycles. The highest BCUT2D eigenvalue weighted by molar-refractivity contribution is 5.94. The highest BCUT2D eigenvalue weighted by Crippen LogP contribution is 2.30. The van der Waals surface area contributed by atoms with Crippen molar-refractivity contribution in [1.82, 2.24) is 9.97 Å². The van der Waals surface area contributed by atoms with Gasteiger partial charge in [0, 0.05) is 12.6 Å². The maximum absolute atomic E-state index is 8.57. The lowest BCUT2D eigenvalue weighted by Crippen LogP contribution is -2.28. The Morgan fingerprint density at radius 1 is 1.50 bits per heavy atom. The first-order valence-electron chi connectivity index (χ1n) is 6.32. The number of hydrogen-bond acceptors (Lipinski definition) is 5. The van der Waals surface area contributed by atoms with Crippen molar-refractivity contribution in [1.29, 1.82) is 0 Å². The second kappa shape index (κ2) is 5.66. The molecule has 6 heteroatoms. The maximum Gasteiger partial charge on any atom is 0.190 e. The summed E-state index contributed by atoms with van der Waals surface area (Å²) in [6.07, 6.45) is 8.02. The van der Waals surface area contributed by atoms with Crippen LogP contribution in [0.15, 0.2) is 17.5 Å². The van der Waals surface area contributed by atoms with Crippen molar-refractivity contribution in [3.05, 3.63) is 18.1 Å². The Bertz CT molecular complexity index is 413. The molecule has 0 aromatic carbocycles. The predicted molar refractivity (Wildman–Crippen MR) is 69.8 cm³/mol. The van der Waals surface area contributed by atoms with Crippen LogP contribution in [0.2, 0.25) is 0 Å². The average Bonchev–Trinajstić information content (AvgIpc) is 3.24. The summed E-state index contributed by atoms with van der Waals surface area (Å²) < 4.78 is 0. The van der Waals surface area contributed by atoms with Crippen LogP contribution >= 0.6 is 0 Å². The Kier molecular flexibility index (Phi) is 3.96. The normalized spacial score (nSPS) is 15.7. The Hall–Kier alpha value is -1.85. The van der Waals surface area contributed by atoms with E-state index in [2.05, 4.69) is 26.9 Å². The van der Waals surface area contributed by atoms with Gasteiger partial charge in [-0.1, -0.05) is 18.5 Å². The fourth-order valence-electron chi connectivity index (χ4n) is 1.85. The van der Waals surface area contributed by atoms with Crippen molar-refractivity contribution in [2.45, 2.75) is 38.6 Å². The van der Waals surface area contributed by atoms with Crippen molar-refractivity contribution in [2.24, 2.45) is 10.9 Å². The van der Waals surface area contributed by atoms with E-state index in [4.69, 9.17) is 10.9 Å². The molecule has 0 saturated heterocycles. The van der Waals surface area contributed by atoms with Crippen LogP contribution in [0.1, 0.15) is 38.3 Å². The fraction of sp³-hybridized carbons (Fsp3) is 0.583. The van der Waals surface area contributed by atoms with E-state index >= 15 is 0 Å². The quantitative estimate of drug-likeness (QED) is 0.344. The summed E-state index contributed by atoms with van der Waals surface area (Å²) in [6.45, 7) is 3.19. The summed E-state index contributed by atoms with van der Waals surface area (Å²) in [6, 6.07) is 0.612. The van der Waals surface area contributed by atoms with E-state index in [-0.39, 0.29) is 5.84 Å². The number of aromatic nitrogens is 2. The van der Waals surface area contributed by atoms with Gasteiger partial charge in [-0.25, -0.2) is 9.97 Å². The van der Waals surface area contributed by atoms with Crippen molar-refractivity contribution < 1.29 is 5.21 Å². The van der Waals surface area contributed by atoms with Gasteiger partial charge in [-0.05, 0) is 19.3 Å². The molecule has 0 unspecified atom stereocenters. The zero-order chi connectivity index (χ0) is 13.0. The van der Waals surface area contributed by atoms with Crippen molar-refractivity contribution in [3.8, 4) is 0 Å². The molecule has 1 aliphatic carbocycles. The Morgan fingerprint density at radius 3 is 2.78 bits per heavy atom. The Labute approximate surface area is 107 Å². The predicted octanol–water partition coefficient (Wildman–Crippen LogP) is 1.34. The SMILES string of the molecule is CCCCN(c1cnc(C(N)=NO)cn1)C1CC1. The molecule has 0 spiro atoms. The summed E-state index contributed by atoms with van der Waals surface area (Å²) in [5.41, 5.74) is 5.85. The van der Waals surface area contributed by atoms with E-state index in [1.165, 1.54) is 19.3 Å². The van der Waals surface area contributed by atoms with Gasteiger partial charge in [0.2, 0.25) is 0 Å². The molecular formula is C12H19N5O. The molecule has 0 aliphatic heterocycles. The molecule has 1 aliphatic rings. The first-order chi connectivity index (χ1) is 8.76. The standard InChI is InChI=1S/C12H19N5O/c1-2-3-6-17(9-4-5-9)11-8-14-10(7-15-11)12(13)16-18/h7-9,18H,2-6H2,1H3,(H2,13,16). The fourth-order valence-corrected chi connectivity index (χ4v) is 1.85. The molecule has 1 aromatic heterocycles. The van der Waals surface area contributed by atoms with Crippen LogP contribution < -0.4 is 10.6 Å². The molecule has 0 bridgehead atoms. The molecular weight excluding hydrogens is 230 g/mol. The van der Waals surface area contributed by atoms with Crippen LogP contribution in [0, 0.1) is 0 Å². The molecule has 1 aromatic rings. The third kappa shape index (κ3) is 2.88. The van der Waals surface area contributed by atoms with Gasteiger partial charge in [-0.3, -0.25) is 0 Å². The first-order valence-corrected chi connectivity index (χ1v) is 6.32. The van der Waals surface area contributed by atoms with E-state index in [0.717, 1.165) is 18.8 Å². The van der Waals surface area contributed by atoms with Gasteiger partial charge in [0.25, 0.3) is 0 Å². The minimum Gasteiger partial charge on any atom is -0.409 e. The minimum atomic E-state index is -0.0134. The minimum absolute atomic E-state index is 0.0134. The summed E-state index contributed by atoms with van der Waals surface area (Å²) in [4.78, 5) is 10.8. The number of oxime groups is 1. The highest BCUT2D eigenvalue weighted by atomic mass is 16.4. The van der Waals surface area contributed by atoms with Crippen molar-refractivity contribution in [2.75, 3.05) is 11.4 Å². The molecule has 2 rings (SSSR count). The lowest BCUT2D eigenvalue weighted by atomic mass is 10.3. The topological polar surface area (TPSA) is 87.6 Å². The van der Waals surface area contributed by atoms with Gasteiger partial charge < -0.3 is 15.8 Å². The summed E-state index contributed by atoms with van der Waals surface area (Å²) >= 11 is 0. The molecule has 1 fully saturated rings. The number of unbranched alkanes of at least 4 members (excludes halogenated alkanes) is 1. The number of anilines is 1. The maximum atomic E-state index is 8.57. The number of hydrogen-bond donors (Lipinski definition) is 2. The van der Waals surface area contributed by atoms with Gasteiger partial charge in [-0.2, -0.15) is 0 Å². The average molecular weight is 249 g/mol. The van der Waals surface area contributed by atoms with Crippen LogP contribution in [0.25, 0.3) is 0 Å². The molecule has 0 amide bonds. The van der Waals surface area contributed by atoms with E-state index in [1.807, 2.05) is 0 Å². The highest BCUT2D eigenvalue weighted by Gasteiger charge is 2.29. The molecule has 0 atom stereocenters. The largest absolute Gasteiger partial charge is 0.409 e. The second-order valence-corrected chi connectivity index (χ2v) is 4.52. The van der Waals surface area contributed by atoms with Gasteiger partial charge in [0.15, 0.2) is 5.84 Å². The van der Waals surface area contributed by atoms with Crippen molar-refractivity contribution in [3.63, 3.8) is 0 Å². The first kappa shape index (κ1) is 12.6. The number of rotatable bonds is 6. The van der Waals surface area contributed by atoms with E-state index in [0.29, 0.717) is 11.7 Å². The van der Waals surface area contributed by atoms with Crippen LogP contribution in [0.4, 0.5) is 5.82 Å². The monoisotopic (exact) mass is 249 g/mol. The molecule has 98 valence electrons. The molecule has 3 N–H and O–H groups in total. The zero-order valence-corrected chi connectivity index (χ0v) is 10.6. The van der Waals surface area contributed by atoms with Gasteiger partial charge >= 0.3 is 0 Å². The lowest BCUT2D eigenvalue weighted by Gasteiger charge is -2.22. The number of amidine groups is 1. The molecule has 18 heavy (non-hydrogen) atoms.